The first-order valence-electron chi connectivity index (χ1n) is 11.5. The van der Waals surface area contributed by atoms with E-state index < -0.39 is 16.8 Å². The Morgan fingerprint density at radius 1 is 1.19 bits per heavy atom. The number of anilines is 1. The van der Waals surface area contributed by atoms with Crippen molar-refractivity contribution in [3.8, 4) is 16.9 Å². The lowest BCUT2D eigenvalue weighted by molar-refractivity contribution is -0.384. The molecule has 1 aromatic heterocycles. The molecule has 194 valence electrons. The van der Waals surface area contributed by atoms with E-state index in [1.165, 1.54) is 23.8 Å². The van der Waals surface area contributed by atoms with Crippen LogP contribution in [0.4, 0.5) is 10.7 Å². The van der Waals surface area contributed by atoms with Gasteiger partial charge in [0.25, 0.3) is 11.6 Å². The molecule has 0 atom stereocenters. The van der Waals surface area contributed by atoms with Gasteiger partial charge in [-0.15, -0.1) is 11.3 Å². The van der Waals surface area contributed by atoms with Crippen LogP contribution in [0.15, 0.2) is 47.8 Å². The summed E-state index contributed by atoms with van der Waals surface area (Å²) in [5.41, 5.74) is 3.27. The normalized spacial score (nSPS) is 10.6. The van der Waals surface area contributed by atoms with Crippen molar-refractivity contribution in [2.45, 2.75) is 33.6 Å². The van der Waals surface area contributed by atoms with Crippen molar-refractivity contribution in [3.63, 3.8) is 0 Å². The number of ether oxygens (including phenoxy) is 2. The molecule has 0 bridgehead atoms. The minimum absolute atomic E-state index is 0.0297. The van der Waals surface area contributed by atoms with E-state index in [0.717, 1.165) is 16.9 Å². The van der Waals surface area contributed by atoms with E-state index in [4.69, 9.17) is 21.7 Å². The average molecular weight is 542 g/mol. The fourth-order valence-corrected chi connectivity index (χ4v) is 4.93. The van der Waals surface area contributed by atoms with Crippen molar-refractivity contribution in [2.75, 3.05) is 18.5 Å². The molecule has 1 heterocycles. The Kier molecular flexibility index (Phi) is 9.31. The maximum absolute atomic E-state index is 12.8. The number of benzene rings is 2. The van der Waals surface area contributed by atoms with Gasteiger partial charge in [0.15, 0.2) is 11.7 Å². The van der Waals surface area contributed by atoms with E-state index in [1.807, 2.05) is 25.1 Å². The maximum atomic E-state index is 12.8. The van der Waals surface area contributed by atoms with Crippen molar-refractivity contribution in [3.05, 3.63) is 74.6 Å². The number of rotatable bonds is 9. The number of nitro benzene ring substituents is 1. The average Bonchev–Trinajstić information content (AvgIpc) is 3.26. The van der Waals surface area contributed by atoms with Crippen LogP contribution in [0, 0.1) is 17.0 Å². The highest BCUT2D eigenvalue weighted by atomic mass is 32.1. The Hall–Kier alpha value is -3.83. The minimum Gasteiger partial charge on any atom is -0.484 e. The fraction of sp³-hybridized carbons (Fsp3) is 0.269. The van der Waals surface area contributed by atoms with Gasteiger partial charge in [-0.2, -0.15) is 0 Å². The number of amides is 1. The van der Waals surface area contributed by atoms with Crippen LogP contribution in [0.25, 0.3) is 11.1 Å². The Balaban J connectivity index is 1.71. The summed E-state index contributed by atoms with van der Waals surface area (Å²) in [5, 5.41) is 18.6. The Labute approximate surface area is 223 Å². The van der Waals surface area contributed by atoms with Crippen LogP contribution in [0.1, 0.15) is 48.2 Å². The molecule has 3 aromatic rings. The lowest BCUT2D eigenvalue weighted by atomic mass is 9.98. The van der Waals surface area contributed by atoms with Crippen molar-refractivity contribution in [1.29, 1.82) is 0 Å². The van der Waals surface area contributed by atoms with Gasteiger partial charge in [0.05, 0.1) is 11.5 Å². The van der Waals surface area contributed by atoms with Crippen LogP contribution in [0.3, 0.4) is 0 Å². The molecule has 0 fully saturated rings. The molecule has 2 N–H and O–H groups in total. The van der Waals surface area contributed by atoms with Crippen molar-refractivity contribution >= 4 is 51.2 Å². The second-order valence-corrected chi connectivity index (χ2v) is 9.63. The van der Waals surface area contributed by atoms with Crippen LogP contribution in [-0.4, -0.2) is 35.1 Å². The quantitative estimate of drug-likeness (QED) is 0.150. The zero-order valence-electron chi connectivity index (χ0n) is 20.8. The Bertz CT molecular complexity index is 1340. The van der Waals surface area contributed by atoms with Crippen LogP contribution >= 0.6 is 23.6 Å². The first-order valence-corrected chi connectivity index (χ1v) is 12.8. The first-order chi connectivity index (χ1) is 17.6. The van der Waals surface area contributed by atoms with E-state index in [1.54, 1.807) is 18.4 Å². The van der Waals surface area contributed by atoms with Gasteiger partial charge in [-0.05, 0) is 60.8 Å². The van der Waals surface area contributed by atoms with Crippen molar-refractivity contribution in [2.24, 2.45) is 0 Å². The van der Waals surface area contributed by atoms with Crippen molar-refractivity contribution < 1.29 is 24.0 Å². The highest BCUT2D eigenvalue weighted by Crippen LogP contribution is 2.37. The zero-order valence-corrected chi connectivity index (χ0v) is 22.5. The van der Waals surface area contributed by atoms with Crippen LogP contribution in [0.5, 0.6) is 5.75 Å². The number of nitrogens with zero attached hydrogens (tertiary/aromatic N) is 1. The number of thiocarbonyl (C=S) groups is 1. The Morgan fingerprint density at radius 3 is 2.59 bits per heavy atom. The van der Waals surface area contributed by atoms with Crippen LogP contribution in [-0.2, 0) is 9.53 Å². The molecule has 0 aliphatic rings. The van der Waals surface area contributed by atoms with Crippen LogP contribution in [0.2, 0.25) is 0 Å². The molecule has 3 rings (SSSR count). The first kappa shape index (κ1) is 27.8. The molecule has 0 aliphatic heterocycles. The molecule has 0 saturated carbocycles. The van der Waals surface area contributed by atoms with E-state index in [9.17, 15) is 19.7 Å². The van der Waals surface area contributed by atoms with Gasteiger partial charge in [0.2, 0.25) is 0 Å². The Morgan fingerprint density at radius 2 is 1.95 bits per heavy atom. The summed E-state index contributed by atoms with van der Waals surface area (Å²) in [4.78, 5) is 35.9. The standard InChI is InChI=1S/C26H27N3O6S2/c1-5-34-25(31)23-21(17-7-6-8-18(12-17)29(32)33)14-37-24(23)28-26(36)27-22(30)13-35-19-9-10-20(15(2)3)16(4)11-19/h6-12,14-15H,5,13H2,1-4H3,(H2,27,28,30,36). The number of carbonyl (C=O) groups excluding carboxylic acids is 2. The predicted molar refractivity (Wildman–Crippen MR) is 147 cm³/mol. The summed E-state index contributed by atoms with van der Waals surface area (Å²) < 4.78 is 10.8. The van der Waals surface area contributed by atoms with Gasteiger partial charge < -0.3 is 14.8 Å². The minimum atomic E-state index is -0.620. The zero-order chi connectivity index (χ0) is 27.1. The highest BCUT2D eigenvalue weighted by molar-refractivity contribution is 7.80. The molecule has 0 radical (unpaired) electrons. The van der Waals surface area contributed by atoms with Gasteiger partial charge in [-0.3, -0.25) is 20.2 Å². The van der Waals surface area contributed by atoms with E-state index >= 15 is 0 Å². The topological polar surface area (TPSA) is 120 Å². The number of carbonyl (C=O) groups is 2. The summed E-state index contributed by atoms with van der Waals surface area (Å²) in [6.45, 7) is 7.77. The monoisotopic (exact) mass is 541 g/mol. The number of esters is 1. The second-order valence-electron chi connectivity index (χ2n) is 8.35. The number of nitrogens with one attached hydrogen (secondary N) is 2. The van der Waals surface area contributed by atoms with Crippen LogP contribution < -0.4 is 15.4 Å². The third kappa shape index (κ3) is 7.11. The predicted octanol–water partition coefficient (Wildman–Crippen LogP) is 5.82. The highest BCUT2D eigenvalue weighted by Gasteiger charge is 2.23. The number of non-ortho nitro benzene ring substituents is 1. The number of aryl methyl sites for hydroxylation is 1. The molecule has 0 saturated heterocycles. The summed E-state index contributed by atoms with van der Waals surface area (Å²) >= 11 is 6.43. The van der Waals surface area contributed by atoms with Gasteiger partial charge in [0.1, 0.15) is 16.3 Å². The molecule has 0 unspecified atom stereocenters. The number of nitro groups is 1. The summed E-state index contributed by atoms with van der Waals surface area (Å²) in [6, 6.07) is 11.6. The third-order valence-electron chi connectivity index (χ3n) is 5.35. The van der Waals surface area contributed by atoms with E-state index in [-0.39, 0.29) is 29.6 Å². The maximum Gasteiger partial charge on any atom is 0.341 e. The molecule has 1 amide bonds. The number of hydrogen-bond donors (Lipinski definition) is 2. The molecule has 0 aliphatic carbocycles. The SMILES string of the molecule is CCOC(=O)c1c(-c2cccc([N+](=O)[O-])c2)csc1NC(=S)NC(=O)COc1ccc(C(C)C)c(C)c1. The molecular formula is C26H27N3O6S2. The molecule has 9 nitrogen and oxygen atoms in total. The van der Waals surface area contributed by atoms with Crippen molar-refractivity contribution in [1.82, 2.24) is 5.32 Å². The molecule has 37 heavy (non-hydrogen) atoms. The fourth-order valence-electron chi connectivity index (χ4n) is 3.69. The van der Waals surface area contributed by atoms with Gasteiger partial charge in [0, 0.05) is 23.1 Å². The summed E-state index contributed by atoms with van der Waals surface area (Å²) in [7, 11) is 0. The summed E-state index contributed by atoms with van der Waals surface area (Å²) in [6.07, 6.45) is 0. The number of thiophene rings is 1. The van der Waals surface area contributed by atoms with E-state index in [0.29, 0.717) is 27.8 Å². The molecule has 2 aromatic carbocycles. The van der Waals surface area contributed by atoms with Gasteiger partial charge in [-0.1, -0.05) is 32.0 Å². The molecule has 0 spiro atoms. The smallest absolute Gasteiger partial charge is 0.341 e. The van der Waals surface area contributed by atoms with Gasteiger partial charge >= 0.3 is 5.97 Å². The molecular weight excluding hydrogens is 514 g/mol. The summed E-state index contributed by atoms with van der Waals surface area (Å²) in [5.74, 6) is -0.142. The lowest BCUT2D eigenvalue weighted by Crippen LogP contribution is -2.37. The third-order valence-corrected chi connectivity index (χ3v) is 6.45. The van der Waals surface area contributed by atoms with E-state index in [2.05, 4.69) is 24.5 Å². The molecule has 11 heteroatoms. The largest absolute Gasteiger partial charge is 0.484 e. The lowest BCUT2D eigenvalue weighted by Gasteiger charge is -2.13. The van der Waals surface area contributed by atoms with Gasteiger partial charge in [-0.25, -0.2) is 4.79 Å². The second kappa shape index (κ2) is 12.4. The number of hydrogen-bond acceptors (Lipinski definition) is 8.